The molecule has 0 spiro atoms. The second-order valence-electron chi connectivity index (χ2n) is 3.41. The molecule has 20 heavy (non-hydrogen) atoms. The number of hydrogen-bond donors (Lipinski definition) is 0. The molecule has 0 aliphatic carbocycles. The molecule has 12 heteroatoms. The van der Waals surface area contributed by atoms with Gasteiger partial charge in [-0.15, -0.1) is 0 Å². The van der Waals surface area contributed by atoms with E-state index in [-0.39, 0.29) is 12.3 Å². The fourth-order valence-electron chi connectivity index (χ4n) is 0.986. The summed E-state index contributed by atoms with van der Waals surface area (Å²) in [5, 5.41) is 0. The van der Waals surface area contributed by atoms with Crippen LogP contribution in [0.4, 0.5) is 43.9 Å². The monoisotopic (exact) mass is 316 g/mol. The van der Waals surface area contributed by atoms with Crippen molar-refractivity contribution >= 4 is 0 Å². The average molecular weight is 316 g/mol. The third kappa shape index (κ3) is 2.63. The summed E-state index contributed by atoms with van der Waals surface area (Å²) >= 11 is 0. The molecule has 1 rings (SSSR count). The molecule has 0 saturated heterocycles. The summed E-state index contributed by atoms with van der Waals surface area (Å²) in [6.45, 7) is 0. The number of halogens is 10. The molecule has 0 bridgehead atoms. The number of hydrogen-bond acceptors (Lipinski definition) is 2. The van der Waals surface area contributed by atoms with Gasteiger partial charge in [0.2, 0.25) is 5.82 Å². The van der Waals surface area contributed by atoms with Crippen LogP contribution >= 0.6 is 0 Å². The second-order valence-corrected chi connectivity index (χ2v) is 3.41. The highest BCUT2D eigenvalue weighted by Crippen LogP contribution is 2.50. The number of aromatic nitrogens is 2. The van der Waals surface area contributed by atoms with Gasteiger partial charge in [0.25, 0.3) is 0 Å². The van der Waals surface area contributed by atoms with Crippen LogP contribution in [-0.2, 0) is 12.1 Å². The summed E-state index contributed by atoms with van der Waals surface area (Å²) in [5.74, 6) is -15.2. The van der Waals surface area contributed by atoms with E-state index in [0.29, 0.717) is 0 Å². The Balaban J connectivity index is 3.37. The number of rotatable bonds is 2. The Hall–Kier alpha value is -1.62. The molecule has 0 unspecified atom stereocenters. The minimum Gasteiger partial charge on any atom is -0.235 e. The largest absolute Gasteiger partial charge is 0.460 e. The van der Waals surface area contributed by atoms with E-state index < -0.39 is 35.7 Å². The van der Waals surface area contributed by atoms with Crippen molar-refractivity contribution in [2.45, 2.75) is 24.2 Å². The summed E-state index contributed by atoms with van der Waals surface area (Å²) < 4.78 is 123. The summed E-state index contributed by atoms with van der Waals surface area (Å²) in [7, 11) is 0. The first-order valence-electron chi connectivity index (χ1n) is 4.44. The maximum atomic E-state index is 13.0. The first kappa shape index (κ1) is 16.4. The van der Waals surface area contributed by atoms with Gasteiger partial charge in [-0.2, -0.15) is 43.9 Å². The zero-order valence-corrected chi connectivity index (χ0v) is 8.83. The minimum absolute atomic E-state index is 0.00548. The first-order valence-corrected chi connectivity index (χ1v) is 4.44. The standard InChI is InChI=1S/C8H2F10N2/c9-5(10,7(14,15)8(16,17)18)4-19-2-1-3(20-4)6(11,12)13/h1-2H. The lowest BCUT2D eigenvalue weighted by molar-refractivity contribution is -0.361. The van der Waals surface area contributed by atoms with Gasteiger partial charge in [0.05, 0.1) is 0 Å². The molecule has 1 aromatic rings. The van der Waals surface area contributed by atoms with Crippen LogP contribution in [0, 0.1) is 0 Å². The maximum Gasteiger partial charge on any atom is 0.460 e. The fourth-order valence-corrected chi connectivity index (χ4v) is 0.986. The van der Waals surface area contributed by atoms with E-state index in [1.54, 1.807) is 0 Å². The fraction of sp³-hybridized carbons (Fsp3) is 0.500. The quantitative estimate of drug-likeness (QED) is 0.776. The van der Waals surface area contributed by atoms with Crippen molar-refractivity contribution < 1.29 is 43.9 Å². The van der Waals surface area contributed by atoms with Crippen molar-refractivity contribution in [2.24, 2.45) is 0 Å². The molecular weight excluding hydrogens is 314 g/mol. The molecule has 0 aromatic carbocycles. The molecule has 2 nitrogen and oxygen atoms in total. The van der Waals surface area contributed by atoms with E-state index in [9.17, 15) is 43.9 Å². The number of nitrogens with zero attached hydrogens (tertiary/aromatic N) is 2. The van der Waals surface area contributed by atoms with Crippen molar-refractivity contribution in [3.8, 4) is 0 Å². The van der Waals surface area contributed by atoms with Crippen LogP contribution in [0.25, 0.3) is 0 Å². The zero-order valence-electron chi connectivity index (χ0n) is 8.83. The predicted molar refractivity (Wildman–Crippen MR) is 41.9 cm³/mol. The lowest BCUT2D eigenvalue weighted by Gasteiger charge is -2.27. The van der Waals surface area contributed by atoms with Crippen molar-refractivity contribution in [2.75, 3.05) is 0 Å². The Bertz CT molecular complexity index is 489. The van der Waals surface area contributed by atoms with Crippen molar-refractivity contribution in [1.82, 2.24) is 9.97 Å². The Kier molecular flexibility index (Phi) is 3.65. The Morgan fingerprint density at radius 2 is 1.30 bits per heavy atom. The molecular formula is C8H2F10N2. The minimum atomic E-state index is -6.69. The Morgan fingerprint density at radius 1 is 0.800 bits per heavy atom. The van der Waals surface area contributed by atoms with Gasteiger partial charge >= 0.3 is 24.2 Å². The SMILES string of the molecule is FC(F)(F)c1ccnc(C(F)(F)C(F)(F)C(F)(F)F)n1. The number of alkyl halides is 10. The van der Waals surface area contributed by atoms with Crippen LogP contribution in [0.15, 0.2) is 12.3 Å². The highest BCUT2D eigenvalue weighted by Gasteiger charge is 2.75. The molecule has 0 saturated carbocycles. The van der Waals surface area contributed by atoms with Gasteiger partial charge in [0, 0.05) is 6.20 Å². The van der Waals surface area contributed by atoms with Gasteiger partial charge in [0.15, 0.2) is 0 Å². The zero-order chi connectivity index (χ0) is 16.0. The van der Waals surface area contributed by atoms with Gasteiger partial charge in [-0.3, -0.25) is 0 Å². The smallest absolute Gasteiger partial charge is 0.235 e. The van der Waals surface area contributed by atoms with Crippen LogP contribution in [0.2, 0.25) is 0 Å². The van der Waals surface area contributed by atoms with Gasteiger partial charge in [0.1, 0.15) is 5.69 Å². The Labute approximate surface area is 103 Å². The molecule has 0 aliphatic rings. The summed E-state index contributed by atoms with van der Waals surface area (Å²) in [4.78, 5) is 4.39. The average Bonchev–Trinajstić information content (AvgIpc) is 2.26. The molecule has 0 radical (unpaired) electrons. The lowest BCUT2D eigenvalue weighted by Crippen LogP contribution is -2.50. The Morgan fingerprint density at radius 3 is 1.70 bits per heavy atom. The van der Waals surface area contributed by atoms with E-state index >= 15 is 0 Å². The third-order valence-electron chi connectivity index (χ3n) is 1.98. The van der Waals surface area contributed by atoms with Gasteiger partial charge in [-0.1, -0.05) is 0 Å². The van der Waals surface area contributed by atoms with Gasteiger partial charge in [-0.25, -0.2) is 9.97 Å². The molecule has 0 aliphatic heterocycles. The first-order chi connectivity index (χ1) is 8.71. The molecule has 1 aromatic heterocycles. The van der Waals surface area contributed by atoms with Gasteiger partial charge < -0.3 is 0 Å². The van der Waals surface area contributed by atoms with Crippen LogP contribution in [0.1, 0.15) is 11.5 Å². The van der Waals surface area contributed by atoms with E-state index in [1.165, 1.54) is 0 Å². The third-order valence-corrected chi connectivity index (χ3v) is 1.98. The molecule has 0 N–H and O–H groups in total. The van der Waals surface area contributed by atoms with Crippen LogP contribution in [0.5, 0.6) is 0 Å². The molecule has 0 atom stereocenters. The lowest BCUT2D eigenvalue weighted by atomic mass is 10.1. The normalized spacial score (nSPS) is 14.5. The van der Waals surface area contributed by atoms with Crippen LogP contribution in [-0.4, -0.2) is 22.1 Å². The summed E-state index contributed by atoms with van der Waals surface area (Å²) in [6, 6.07) is 0.0469. The van der Waals surface area contributed by atoms with Crippen molar-refractivity contribution in [3.05, 3.63) is 23.8 Å². The summed E-state index contributed by atoms with van der Waals surface area (Å²) in [6.07, 6.45) is -12.0. The predicted octanol–water partition coefficient (Wildman–Crippen LogP) is 3.78. The highest BCUT2D eigenvalue weighted by molar-refractivity contribution is 5.12. The van der Waals surface area contributed by atoms with Crippen molar-refractivity contribution in [3.63, 3.8) is 0 Å². The van der Waals surface area contributed by atoms with Crippen LogP contribution < -0.4 is 0 Å². The topological polar surface area (TPSA) is 25.8 Å². The molecule has 0 amide bonds. The molecule has 114 valence electrons. The van der Waals surface area contributed by atoms with Crippen LogP contribution in [0.3, 0.4) is 0 Å². The summed E-state index contributed by atoms with van der Waals surface area (Å²) in [5.41, 5.74) is -2.07. The molecule has 0 fully saturated rings. The van der Waals surface area contributed by atoms with E-state index in [2.05, 4.69) is 4.98 Å². The van der Waals surface area contributed by atoms with E-state index in [0.717, 1.165) is 0 Å². The van der Waals surface area contributed by atoms with Crippen molar-refractivity contribution in [1.29, 1.82) is 0 Å². The second kappa shape index (κ2) is 4.45. The highest BCUT2D eigenvalue weighted by atomic mass is 19.4. The molecule has 1 heterocycles. The van der Waals surface area contributed by atoms with E-state index in [4.69, 9.17) is 0 Å². The maximum absolute atomic E-state index is 13.0. The van der Waals surface area contributed by atoms with E-state index in [1.807, 2.05) is 4.98 Å². The van der Waals surface area contributed by atoms with Gasteiger partial charge in [-0.05, 0) is 6.07 Å².